The molecule has 4 aromatic rings. The lowest BCUT2D eigenvalue weighted by Crippen LogP contribution is -2.46. The molecular formula is C30H31N5O3. The van der Waals surface area contributed by atoms with Crippen molar-refractivity contribution in [3.63, 3.8) is 0 Å². The van der Waals surface area contributed by atoms with E-state index in [1.54, 1.807) is 18.5 Å². The van der Waals surface area contributed by atoms with Gasteiger partial charge in [-0.3, -0.25) is 9.78 Å². The molecule has 0 radical (unpaired) electrons. The first-order valence-electron chi connectivity index (χ1n) is 13.2. The Kier molecular flexibility index (Phi) is 7.15. The summed E-state index contributed by atoms with van der Waals surface area (Å²) in [5.74, 6) is -0.339. The van der Waals surface area contributed by atoms with Crippen LogP contribution in [0.3, 0.4) is 0 Å². The molecule has 8 nitrogen and oxygen atoms in total. The number of hydrogen-bond acceptors (Lipinski definition) is 7. The van der Waals surface area contributed by atoms with Crippen molar-refractivity contribution in [3.8, 4) is 11.3 Å². The minimum absolute atomic E-state index is 0.339. The van der Waals surface area contributed by atoms with Crippen LogP contribution in [0.15, 0.2) is 79.1 Å². The average molecular weight is 510 g/mol. The molecule has 0 spiro atoms. The Labute approximate surface area is 222 Å². The molecule has 38 heavy (non-hydrogen) atoms. The summed E-state index contributed by atoms with van der Waals surface area (Å²) < 4.78 is 5.57. The van der Waals surface area contributed by atoms with E-state index in [1.807, 2.05) is 6.07 Å². The zero-order chi connectivity index (χ0) is 25.7. The van der Waals surface area contributed by atoms with Crippen molar-refractivity contribution in [3.05, 3.63) is 84.7 Å². The van der Waals surface area contributed by atoms with Crippen LogP contribution in [0, 0.1) is 0 Å². The van der Waals surface area contributed by atoms with E-state index in [0.717, 1.165) is 56.7 Å². The lowest BCUT2D eigenvalue weighted by Gasteiger charge is -2.37. The number of benzene rings is 2. The fourth-order valence-electron chi connectivity index (χ4n) is 5.09. The van der Waals surface area contributed by atoms with Crippen LogP contribution >= 0.6 is 0 Å². The van der Waals surface area contributed by atoms with Gasteiger partial charge in [-0.1, -0.05) is 30.3 Å². The number of aromatic nitrogens is 2. The number of fused-ring (bicyclic) bond motifs is 1. The molecule has 2 aromatic heterocycles. The molecule has 4 heterocycles. The number of ether oxygens (including phenoxy) is 1. The first kappa shape index (κ1) is 24.3. The first-order chi connectivity index (χ1) is 18.7. The number of para-hydroxylation sites is 1. The second-order valence-corrected chi connectivity index (χ2v) is 9.65. The van der Waals surface area contributed by atoms with Gasteiger partial charge in [0.2, 0.25) is 0 Å². The maximum atomic E-state index is 13.1. The minimum Gasteiger partial charge on any atom is -0.368 e. The van der Waals surface area contributed by atoms with Crippen molar-refractivity contribution in [1.29, 1.82) is 0 Å². The van der Waals surface area contributed by atoms with Gasteiger partial charge in [-0.15, -0.1) is 0 Å². The molecule has 2 aromatic carbocycles. The molecule has 1 N–H and O–H groups in total. The Morgan fingerprint density at radius 2 is 1.66 bits per heavy atom. The van der Waals surface area contributed by atoms with Crippen LogP contribution in [0.1, 0.15) is 29.6 Å². The minimum atomic E-state index is -0.416. The summed E-state index contributed by atoms with van der Waals surface area (Å²) in [7, 11) is 0. The molecule has 0 aliphatic carbocycles. The number of hydrogen-bond donors (Lipinski definition) is 1. The number of nitrogens with one attached hydrogen (secondary N) is 1. The van der Waals surface area contributed by atoms with Gasteiger partial charge in [0, 0.05) is 73.9 Å². The molecule has 2 aliphatic heterocycles. The summed E-state index contributed by atoms with van der Waals surface area (Å²) in [6.45, 7) is 4.54. The monoisotopic (exact) mass is 509 g/mol. The van der Waals surface area contributed by atoms with Crippen molar-refractivity contribution in [2.24, 2.45) is 0 Å². The molecular weight excluding hydrogens is 478 g/mol. The van der Waals surface area contributed by atoms with Crippen LogP contribution in [0.2, 0.25) is 0 Å². The van der Waals surface area contributed by atoms with Gasteiger partial charge in [-0.05, 0) is 49.2 Å². The highest BCUT2D eigenvalue weighted by Crippen LogP contribution is 2.27. The largest absolute Gasteiger partial charge is 0.368 e. The predicted octanol–water partition coefficient (Wildman–Crippen LogP) is 4.81. The number of piperazine rings is 1. The van der Waals surface area contributed by atoms with E-state index in [-0.39, 0.29) is 5.91 Å². The molecule has 8 heteroatoms. The molecule has 2 aliphatic rings. The van der Waals surface area contributed by atoms with Gasteiger partial charge in [-0.2, -0.15) is 0 Å². The van der Waals surface area contributed by atoms with Crippen molar-refractivity contribution in [2.45, 2.75) is 25.6 Å². The maximum absolute atomic E-state index is 13.1. The molecule has 194 valence electrons. The predicted molar refractivity (Wildman–Crippen MR) is 148 cm³/mol. The van der Waals surface area contributed by atoms with E-state index < -0.39 is 6.29 Å². The van der Waals surface area contributed by atoms with E-state index >= 15 is 0 Å². The number of carbonyl (C=O) groups excluding carboxylic acids is 1. The number of pyridine rings is 2. The van der Waals surface area contributed by atoms with E-state index in [4.69, 9.17) is 14.6 Å². The average Bonchev–Trinajstić information content (AvgIpc) is 3.00. The van der Waals surface area contributed by atoms with Gasteiger partial charge < -0.3 is 14.5 Å². The third-order valence-corrected chi connectivity index (χ3v) is 7.21. The van der Waals surface area contributed by atoms with E-state index in [1.165, 1.54) is 11.4 Å². The number of rotatable bonds is 6. The van der Waals surface area contributed by atoms with Gasteiger partial charge >= 0.3 is 0 Å². The Bertz CT molecular complexity index is 1380. The smallest absolute Gasteiger partial charge is 0.275 e. The second-order valence-electron chi connectivity index (χ2n) is 9.65. The normalized spacial score (nSPS) is 17.9. The standard InChI is InChI=1S/C30H31N5O3/c36-30(33-38-29-8-4-5-19-37-29)25-20-28(32-27-13-14-31-21-26(25)27)22-9-11-24(12-10-22)35-17-15-34(16-18-35)23-6-2-1-3-7-23/h1-3,6-7,9-14,20-21,29H,4-5,8,15-19H2,(H,33,36). The maximum Gasteiger partial charge on any atom is 0.275 e. The first-order valence-corrected chi connectivity index (χ1v) is 13.2. The number of hydroxylamine groups is 1. The third kappa shape index (κ3) is 5.32. The highest BCUT2D eigenvalue weighted by Gasteiger charge is 2.20. The molecule has 2 fully saturated rings. The van der Waals surface area contributed by atoms with Crippen LogP contribution in [-0.4, -0.2) is 55.0 Å². The van der Waals surface area contributed by atoms with Crippen LogP contribution < -0.4 is 15.3 Å². The van der Waals surface area contributed by atoms with E-state index in [0.29, 0.717) is 23.1 Å². The van der Waals surface area contributed by atoms with Crippen molar-refractivity contribution >= 4 is 28.2 Å². The Hall–Kier alpha value is -4.01. The van der Waals surface area contributed by atoms with Gasteiger partial charge in [0.1, 0.15) is 0 Å². The SMILES string of the molecule is O=C(NOC1CCCCO1)c1cc(-c2ccc(N3CCN(c4ccccc4)CC3)cc2)nc2ccncc12. The van der Waals surface area contributed by atoms with Crippen LogP contribution in [0.25, 0.3) is 22.2 Å². The topological polar surface area (TPSA) is 79.8 Å². The van der Waals surface area contributed by atoms with E-state index in [9.17, 15) is 4.79 Å². The van der Waals surface area contributed by atoms with Crippen LogP contribution in [-0.2, 0) is 9.57 Å². The van der Waals surface area contributed by atoms with Gasteiger partial charge in [0.15, 0.2) is 6.29 Å². The highest BCUT2D eigenvalue weighted by atomic mass is 16.8. The molecule has 1 unspecified atom stereocenters. The van der Waals surface area contributed by atoms with E-state index in [2.05, 4.69) is 74.9 Å². The van der Waals surface area contributed by atoms with Crippen molar-refractivity contribution in [2.75, 3.05) is 42.6 Å². The molecule has 1 amide bonds. The van der Waals surface area contributed by atoms with Gasteiger partial charge in [-0.25, -0.2) is 15.3 Å². The quantitative estimate of drug-likeness (QED) is 0.374. The Morgan fingerprint density at radius 1 is 0.921 bits per heavy atom. The zero-order valence-corrected chi connectivity index (χ0v) is 21.3. The number of anilines is 2. The summed E-state index contributed by atoms with van der Waals surface area (Å²) >= 11 is 0. The summed E-state index contributed by atoms with van der Waals surface area (Å²) in [4.78, 5) is 32.5. The Balaban J connectivity index is 1.18. The summed E-state index contributed by atoms with van der Waals surface area (Å²) in [6, 6.07) is 22.6. The molecule has 1 atom stereocenters. The zero-order valence-electron chi connectivity index (χ0n) is 21.3. The molecule has 2 saturated heterocycles. The number of nitrogens with zero attached hydrogens (tertiary/aromatic N) is 4. The van der Waals surface area contributed by atoms with Crippen molar-refractivity contribution in [1.82, 2.24) is 15.4 Å². The third-order valence-electron chi connectivity index (χ3n) is 7.21. The van der Waals surface area contributed by atoms with Gasteiger partial charge in [0.05, 0.1) is 16.8 Å². The Morgan fingerprint density at radius 3 is 2.37 bits per heavy atom. The lowest BCUT2D eigenvalue weighted by molar-refractivity contribution is -0.186. The molecule has 6 rings (SSSR count). The molecule has 0 saturated carbocycles. The fraction of sp³-hybridized carbons (Fsp3) is 0.300. The highest BCUT2D eigenvalue weighted by molar-refractivity contribution is 6.06. The summed E-state index contributed by atoms with van der Waals surface area (Å²) in [5, 5.41) is 0.676. The lowest BCUT2D eigenvalue weighted by atomic mass is 10.0. The van der Waals surface area contributed by atoms with Crippen LogP contribution in [0.4, 0.5) is 11.4 Å². The van der Waals surface area contributed by atoms with Crippen LogP contribution in [0.5, 0.6) is 0 Å². The van der Waals surface area contributed by atoms with Gasteiger partial charge in [0.25, 0.3) is 5.91 Å². The fourth-order valence-corrected chi connectivity index (χ4v) is 5.09. The summed E-state index contributed by atoms with van der Waals surface area (Å²) in [5.41, 5.74) is 7.88. The second kappa shape index (κ2) is 11.2. The number of amides is 1. The van der Waals surface area contributed by atoms with Crippen molar-refractivity contribution < 1.29 is 14.4 Å². The number of carbonyl (C=O) groups is 1. The molecule has 0 bridgehead atoms. The summed E-state index contributed by atoms with van der Waals surface area (Å²) in [6.07, 6.45) is 5.73.